The third kappa shape index (κ3) is 4.04. The van der Waals surface area contributed by atoms with Crippen molar-refractivity contribution >= 4 is 27.9 Å². The van der Waals surface area contributed by atoms with Crippen molar-refractivity contribution in [3.05, 3.63) is 16.4 Å². The molecule has 0 spiro atoms. The zero-order chi connectivity index (χ0) is 17.4. The first-order valence-electron chi connectivity index (χ1n) is 7.56. The highest BCUT2D eigenvalue weighted by Gasteiger charge is 2.34. The molecular formula is C15H23BrN4O3. The largest absolute Gasteiger partial charge is 0.444 e. The first-order chi connectivity index (χ1) is 10.6. The highest BCUT2D eigenvalue weighted by molar-refractivity contribution is 9.10. The maximum Gasteiger partial charge on any atom is 0.410 e. The lowest BCUT2D eigenvalue weighted by atomic mass is 10.2. The van der Waals surface area contributed by atoms with Gasteiger partial charge in [-0.15, -0.1) is 0 Å². The quantitative estimate of drug-likeness (QED) is 0.742. The number of hydrogen-bond acceptors (Lipinski definition) is 4. The Kier molecular flexibility index (Phi) is 5.03. The van der Waals surface area contributed by atoms with Crippen LogP contribution in [0.5, 0.6) is 0 Å². The number of hydrogen-bond donors (Lipinski definition) is 0. The molecule has 0 unspecified atom stereocenters. The Hall–Kier alpha value is -1.57. The maximum absolute atomic E-state index is 12.7. The molecule has 0 saturated carbocycles. The van der Waals surface area contributed by atoms with Gasteiger partial charge < -0.3 is 14.5 Å². The summed E-state index contributed by atoms with van der Waals surface area (Å²) in [7, 11) is 1.73. The topological polar surface area (TPSA) is 67.7 Å². The monoisotopic (exact) mass is 386 g/mol. The summed E-state index contributed by atoms with van der Waals surface area (Å²) >= 11 is 3.35. The number of rotatable bonds is 1. The fourth-order valence-corrected chi connectivity index (χ4v) is 3.05. The zero-order valence-electron chi connectivity index (χ0n) is 14.2. The van der Waals surface area contributed by atoms with Gasteiger partial charge in [0.1, 0.15) is 11.3 Å². The highest BCUT2D eigenvalue weighted by atomic mass is 79.9. The van der Waals surface area contributed by atoms with E-state index in [1.165, 1.54) is 0 Å². The van der Waals surface area contributed by atoms with Crippen LogP contribution >= 0.6 is 15.9 Å². The fraction of sp³-hybridized carbons (Fsp3) is 0.667. The van der Waals surface area contributed by atoms with Crippen LogP contribution in [0.2, 0.25) is 0 Å². The molecule has 1 aliphatic rings. The van der Waals surface area contributed by atoms with Crippen molar-refractivity contribution in [3.63, 3.8) is 0 Å². The summed E-state index contributed by atoms with van der Waals surface area (Å²) in [5.74, 6) is -0.0902. The summed E-state index contributed by atoms with van der Waals surface area (Å²) < 4.78 is 7.64. The van der Waals surface area contributed by atoms with Gasteiger partial charge >= 0.3 is 6.09 Å². The number of piperazine rings is 1. The molecule has 1 atom stereocenters. The molecule has 0 bridgehead atoms. The molecule has 2 rings (SSSR count). The Morgan fingerprint density at radius 3 is 2.48 bits per heavy atom. The third-order valence-electron chi connectivity index (χ3n) is 3.64. The van der Waals surface area contributed by atoms with E-state index in [4.69, 9.17) is 4.74 Å². The summed E-state index contributed by atoms with van der Waals surface area (Å²) in [4.78, 5) is 28.3. The van der Waals surface area contributed by atoms with Crippen LogP contribution in [-0.4, -0.2) is 62.9 Å². The second kappa shape index (κ2) is 6.51. The molecule has 0 aromatic carbocycles. The molecule has 2 heterocycles. The predicted molar refractivity (Wildman–Crippen MR) is 89.2 cm³/mol. The molecule has 1 aliphatic heterocycles. The number of halogens is 1. The van der Waals surface area contributed by atoms with Crippen LogP contribution in [0.25, 0.3) is 0 Å². The Bertz CT molecular complexity index is 589. The standard InChI is InChI=1S/C15H23BrN4O3/c1-10-9-19(13(21)12-11(16)8-17-18(12)5)6-7-20(10)14(22)23-15(2,3)4/h8,10H,6-7,9H2,1-5H3/t10-/m0/s1. The van der Waals surface area contributed by atoms with Gasteiger partial charge in [0.25, 0.3) is 5.91 Å². The highest BCUT2D eigenvalue weighted by Crippen LogP contribution is 2.20. The van der Waals surface area contributed by atoms with Gasteiger partial charge in [-0.25, -0.2) is 4.79 Å². The molecule has 1 aromatic rings. The molecule has 0 radical (unpaired) electrons. The molecule has 7 nitrogen and oxygen atoms in total. The van der Waals surface area contributed by atoms with Crippen LogP contribution in [0, 0.1) is 0 Å². The molecule has 0 N–H and O–H groups in total. The molecule has 1 fully saturated rings. The second-order valence-electron chi connectivity index (χ2n) is 6.74. The first-order valence-corrected chi connectivity index (χ1v) is 8.36. The Labute approximate surface area is 144 Å². The summed E-state index contributed by atoms with van der Waals surface area (Å²) in [6, 6.07) is -0.102. The zero-order valence-corrected chi connectivity index (χ0v) is 15.8. The van der Waals surface area contributed by atoms with Gasteiger partial charge in [-0.3, -0.25) is 9.48 Å². The van der Waals surface area contributed by atoms with Gasteiger partial charge in [0.05, 0.1) is 10.7 Å². The lowest BCUT2D eigenvalue weighted by molar-refractivity contribution is 0.00180. The van der Waals surface area contributed by atoms with Crippen LogP contribution in [0.15, 0.2) is 10.7 Å². The van der Waals surface area contributed by atoms with Gasteiger partial charge in [0.2, 0.25) is 0 Å². The first kappa shape index (κ1) is 17.8. The summed E-state index contributed by atoms with van der Waals surface area (Å²) in [5, 5.41) is 4.07. The van der Waals surface area contributed by atoms with E-state index >= 15 is 0 Å². The van der Waals surface area contributed by atoms with E-state index < -0.39 is 5.60 Å². The Morgan fingerprint density at radius 1 is 1.35 bits per heavy atom. The average Bonchev–Trinajstić information content (AvgIpc) is 2.75. The lowest BCUT2D eigenvalue weighted by Gasteiger charge is -2.40. The molecular weight excluding hydrogens is 364 g/mol. The minimum Gasteiger partial charge on any atom is -0.444 e. The summed E-state index contributed by atoms with van der Waals surface area (Å²) in [6.07, 6.45) is 1.27. The summed E-state index contributed by atoms with van der Waals surface area (Å²) in [5.41, 5.74) is -0.00788. The van der Waals surface area contributed by atoms with Gasteiger partial charge in [0.15, 0.2) is 0 Å². The Morgan fingerprint density at radius 2 is 2.00 bits per heavy atom. The molecule has 0 aliphatic carbocycles. The van der Waals surface area contributed by atoms with E-state index in [1.54, 1.807) is 27.7 Å². The predicted octanol–water partition coefficient (Wildman–Crippen LogP) is 2.26. The van der Waals surface area contributed by atoms with Crippen LogP contribution in [0.1, 0.15) is 38.2 Å². The normalized spacial score (nSPS) is 19.0. The Balaban J connectivity index is 2.04. The third-order valence-corrected chi connectivity index (χ3v) is 4.22. The van der Waals surface area contributed by atoms with Crippen molar-refractivity contribution in [3.8, 4) is 0 Å². The van der Waals surface area contributed by atoms with Crippen LogP contribution in [0.4, 0.5) is 4.79 Å². The van der Waals surface area contributed by atoms with Crippen molar-refractivity contribution < 1.29 is 14.3 Å². The van der Waals surface area contributed by atoms with Gasteiger partial charge in [0, 0.05) is 32.7 Å². The van der Waals surface area contributed by atoms with E-state index in [0.29, 0.717) is 29.8 Å². The maximum atomic E-state index is 12.7. The van der Waals surface area contributed by atoms with Crippen molar-refractivity contribution in [1.82, 2.24) is 19.6 Å². The van der Waals surface area contributed by atoms with Crippen LogP contribution in [-0.2, 0) is 11.8 Å². The number of ether oxygens (including phenoxy) is 1. The van der Waals surface area contributed by atoms with Crippen molar-refractivity contribution in [2.24, 2.45) is 7.05 Å². The van der Waals surface area contributed by atoms with E-state index in [2.05, 4.69) is 21.0 Å². The smallest absolute Gasteiger partial charge is 0.410 e. The number of carbonyl (C=O) groups excluding carboxylic acids is 2. The van der Waals surface area contributed by atoms with Gasteiger partial charge in [-0.05, 0) is 43.6 Å². The fourth-order valence-electron chi connectivity index (χ4n) is 2.53. The molecule has 128 valence electrons. The lowest BCUT2D eigenvalue weighted by Crippen LogP contribution is -2.56. The summed E-state index contributed by atoms with van der Waals surface area (Å²) in [6.45, 7) is 8.84. The number of aryl methyl sites for hydroxylation is 1. The van der Waals surface area contributed by atoms with Gasteiger partial charge in [-0.1, -0.05) is 0 Å². The van der Waals surface area contributed by atoms with Crippen molar-refractivity contribution in [2.45, 2.75) is 39.3 Å². The number of carbonyl (C=O) groups is 2. The van der Waals surface area contributed by atoms with E-state index in [1.807, 2.05) is 27.7 Å². The SMILES string of the molecule is C[C@H]1CN(C(=O)c2c(Br)cnn2C)CCN1C(=O)OC(C)(C)C. The molecule has 1 aromatic heterocycles. The number of aromatic nitrogens is 2. The second-order valence-corrected chi connectivity index (χ2v) is 7.59. The van der Waals surface area contributed by atoms with Crippen molar-refractivity contribution in [2.75, 3.05) is 19.6 Å². The van der Waals surface area contributed by atoms with Crippen LogP contribution < -0.4 is 0 Å². The van der Waals surface area contributed by atoms with E-state index in [-0.39, 0.29) is 18.0 Å². The molecule has 1 saturated heterocycles. The molecule has 2 amide bonds. The van der Waals surface area contributed by atoms with E-state index in [0.717, 1.165) is 0 Å². The van der Waals surface area contributed by atoms with Crippen LogP contribution in [0.3, 0.4) is 0 Å². The molecule has 8 heteroatoms. The number of nitrogens with zero attached hydrogens (tertiary/aromatic N) is 4. The minimum absolute atomic E-state index is 0.0902. The van der Waals surface area contributed by atoms with E-state index in [9.17, 15) is 9.59 Å². The average molecular weight is 387 g/mol. The minimum atomic E-state index is -0.524. The van der Waals surface area contributed by atoms with Crippen molar-refractivity contribution in [1.29, 1.82) is 0 Å². The number of amides is 2. The van der Waals surface area contributed by atoms with Gasteiger partial charge in [-0.2, -0.15) is 5.10 Å². The molecule has 23 heavy (non-hydrogen) atoms.